The average molecular weight is 531 g/mol. The van der Waals surface area contributed by atoms with Gasteiger partial charge in [0.05, 0.1) is 22.4 Å². The van der Waals surface area contributed by atoms with Crippen molar-refractivity contribution in [2.45, 2.75) is 32.9 Å². The molecule has 3 aromatic heterocycles. The Bertz CT molecular complexity index is 1440. The van der Waals surface area contributed by atoms with Crippen molar-refractivity contribution in [2.24, 2.45) is 5.92 Å². The molecule has 5 rings (SSSR count). The Morgan fingerprint density at radius 2 is 1.95 bits per heavy atom. The Balaban J connectivity index is 1.59. The third kappa shape index (κ3) is 4.95. The monoisotopic (exact) mass is 530 g/mol. The number of hydrogen-bond donors (Lipinski definition) is 2. The van der Waals surface area contributed by atoms with Crippen LogP contribution in [-0.2, 0) is 4.79 Å². The first-order chi connectivity index (χ1) is 17.8. The van der Waals surface area contributed by atoms with Crippen molar-refractivity contribution in [1.29, 1.82) is 0 Å². The summed E-state index contributed by atoms with van der Waals surface area (Å²) < 4.78 is 2.07. The van der Waals surface area contributed by atoms with Crippen LogP contribution in [0.1, 0.15) is 42.9 Å². The van der Waals surface area contributed by atoms with Gasteiger partial charge in [-0.1, -0.05) is 37.6 Å². The van der Waals surface area contributed by atoms with Crippen molar-refractivity contribution in [1.82, 2.24) is 19.9 Å². The number of halogens is 1. The molecule has 2 atom stereocenters. The third-order valence-electron chi connectivity index (χ3n) is 6.34. The summed E-state index contributed by atoms with van der Waals surface area (Å²) in [4.78, 5) is 23.6. The highest BCUT2D eigenvalue weighted by Crippen LogP contribution is 2.43. The average Bonchev–Trinajstić information content (AvgIpc) is 3.50. The molecule has 7 nitrogen and oxygen atoms in total. The molecule has 1 amide bonds. The molecule has 188 valence electrons. The number of aromatic nitrogens is 3. The van der Waals surface area contributed by atoms with E-state index in [-0.39, 0.29) is 23.9 Å². The van der Waals surface area contributed by atoms with Gasteiger partial charge in [-0.05, 0) is 73.2 Å². The largest absolute Gasteiger partial charge is 0.351 e. The first-order valence-electron chi connectivity index (χ1n) is 12.0. The lowest BCUT2D eigenvalue weighted by Crippen LogP contribution is -2.30. The van der Waals surface area contributed by atoms with Crippen LogP contribution in [0.3, 0.4) is 0 Å². The lowest BCUT2D eigenvalue weighted by molar-refractivity contribution is -0.118. The maximum atomic E-state index is 12.2. The number of benzene rings is 1. The molecule has 0 radical (unpaired) electrons. The van der Waals surface area contributed by atoms with Gasteiger partial charge in [-0.2, -0.15) is 0 Å². The van der Waals surface area contributed by atoms with E-state index in [1.165, 1.54) is 0 Å². The zero-order valence-corrected chi connectivity index (χ0v) is 22.3. The second-order valence-corrected chi connectivity index (χ2v) is 10.1. The molecule has 1 aromatic carbocycles. The minimum absolute atomic E-state index is 0.0930. The number of nitrogens with zero attached hydrogens (tertiary/aromatic N) is 4. The minimum atomic E-state index is -0.243. The maximum absolute atomic E-state index is 12.2. The van der Waals surface area contributed by atoms with E-state index in [9.17, 15) is 4.79 Å². The van der Waals surface area contributed by atoms with Crippen LogP contribution >= 0.6 is 23.8 Å². The van der Waals surface area contributed by atoms with Crippen LogP contribution in [0.25, 0.3) is 5.82 Å². The first-order valence-corrected chi connectivity index (χ1v) is 12.8. The molecule has 4 heterocycles. The van der Waals surface area contributed by atoms with Crippen LogP contribution in [0.15, 0.2) is 79.3 Å². The second-order valence-electron chi connectivity index (χ2n) is 9.30. The molecule has 1 fully saturated rings. The van der Waals surface area contributed by atoms with Gasteiger partial charge in [0, 0.05) is 35.9 Å². The van der Waals surface area contributed by atoms with Gasteiger partial charge in [0.25, 0.3) is 0 Å². The van der Waals surface area contributed by atoms with Crippen molar-refractivity contribution >= 4 is 46.2 Å². The molecule has 0 saturated carbocycles. The van der Waals surface area contributed by atoms with Gasteiger partial charge >= 0.3 is 0 Å². The second kappa shape index (κ2) is 10.3. The molecular formula is C28H27ClN6OS. The molecule has 1 saturated heterocycles. The molecule has 37 heavy (non-hydrogen) atoms. The maximum Gasteiger partial charge on any atom is 0.226 e. The Kier molecular flexibility index (Phi) is 6.95. The summed E-state index contributed by atoms with van der Waals surface area (Å²) in [6, 6.07) is 19.1. The number of anilines is 2. The van der Waals surface area contributed by atoms with E-state index in [4.69, 9.17) is 23.8 Å². The summed E-state index contributed by atoms with van der Waals surface area (Å²) >= 11 is 12.5. The van der Waals surface area contributed by atoms with Crippen molar-refractivity contribution in [2.75, 3.05) is 10.2 Å². The van der Waals surface area contributed by atoms with E-state index in [0.29, 0.717) is 15.8 Å². The van der Waals surface area contributed by atoms with E-state index in [1.54, 1.807) is 6.20 Å². The molecule has 0 bridgehead atoms. The normalized spacial score (nSPS) is 17.2. The topological polar surface area (TPSA) is 75.1 Å². The van der Waals surface area contributed by atoms with Gasteiger partial charge in [0.2, 0.25) is 5.91 Å². The number of carbonyl (C=O) groups excluding carboxylic acids is 1. The number of carbonyl (C=O) groups is 1. The molecule has 0 aliphatic carbocycles. The van der Waals surface area contributed by atoms with Gasteiger partial charge in [-0.3, -0.25) is 9.78 Å². The predicted octanol–water partition coefficient (Wildman–Crippen LogP) is 6.00. The van der Waals surface area contributed by atoms with Crippen molar-refractivity contribution < 1.29 is 4.79 Å². The predicted molar refractivity (Wildman–Crippen MR) is 151 cm³/mol. The van der Waals surface area contributed by atoms with Crippen molar-refractivity contribution in [3.8, 4) is 5.82 Å². The highest BCUT2D eigenvalue weighted by atomic mass is 35.5. The highest BCUT2D eigenvalue weighted by molar-refractivity contribution is 7.80. The van der Waals surface area contributed by atoms with Crippen LogP contribution < -0.4 is 15.5 Å². The first kappa shape index (κ1) is 24.9. The quantitative estimate of drug-likeness (QED) is 0.298. The molecule has 4 aromatic rings. The molecule has 2 N–H and O–H groups in total. The van der Waals surface area contributed by atoms with Crippen LogP contribution in [0, 0.1) is 12.8 Å². The molecule has 0 unspecified atom stereocenters. The summed E-state index contributed by atoms with van der Waals surface area (Å²) in [5.41, 5.74) is 4.32. The Morgan fingerprint density at radius 1 is 1.11 bits per heavy atom. The Labute approximate surface area is 226 Å². The van der Waals surface area contributed by atoms with Crippen LogP contribution in [-0.4, -0.2) is 25.6 Å². The van der Waals surface area contributed by atoms with Crippen LogP contribution in [0.2, 0.25) is 5.02 Å². The standard InChI is InChI=1S/C28H27ClN6OS/c1-17(2)27(36)32-21-11-10-19(15-20(21)29)35-26(25(33-28(35)37)22-7-4-5-13-30-22)23-8-6-14-34(23)24-12-9-18(3)16-31-24/h4-17,25-26H,1-3H3,(H,32,36)(H,33,37)/t25-,26-/m0/s1. The number of aryl methyl sites for hydroxylation is 1. The number of nitrogens with one attached hydrogen (secondary N) is 2. The lowest BCUT2D eigenvalue weighted by atomic mass is 10.0. The number of thiocarbonyl (C=S) groups is 1. The van der Waals surface area contributed by atoms with Crippen LogP contribution in [0.5, 0.6) is 0 Å². The van der Waals surface area contributed by atoms with Crippen LogP contribution in [0.4, 0.5) is 11.4 Å². The fourth-order valence-electron chi connectivity index (χ4n) is 4.41. The van der Waals surface area contributed by atoms with Gasteiger partial charge < -0.3 is 20.1 Å². The zero-order valence-electron chi connectivity index (χ0n) is 20.7. The molecule has 0 spiro atoms. The molecular weight excluding hydrogens is 504 g/mol. The summed E-state index contributed by atoms with van der Waals surface area (Å²) in [6.07, 6.45) is 5.64. The van der Waals surface area contributed by atoms with E-state index in [2.05, 4.69) is 36.1 Å². The number of pyridine rings is 2. The summed E-state index contributed by atoms with van der Waals surface area (Å²) in [6.45, 7) is 5.70. The molecule has 1 aliphatic rings. The molecule has 9 heteroatoms. The highest BCUT2D eigenvalue weighted by Gasteiger charge is 2.42. The number of rotatable bonds is 6. The van der Waals surface area contributed by atoms with Crippen molar-refractivity contribution in [3.63, 3.8) is 0 Å². The van der Waals surface area contributed by atoms with Gasteiger partial charge in [-0.25, -0.2) is 4.98 Å². The third-order valence-corrected chi connectivity index (χ3v) is 6.96. The summed E-state index contributed by atoms with van der Waals surface area (Å²) in [7, 11) is 0. The fraction of sp³-hybridized carbons (Fsp3) is 0.214. The Morgan fingerprint density at radius 3 is 2.62 bits per heavy atom. The van der Waals surface area contributed by atoms with E-state index >= 15 is 0 Å². The van der Waals surface area contributed by atoms with Crippen molar-refractivity contribution in [3.05, 3.63) is 101 Å². The number of hydrogen-bond acceptors (Lipinski definition) is 4. The zero-order chi connectivity index (χ0) is 26.1. The minimum Gasteiger partial charge on any atom is -0.351 e. The van der Waals surface area contributed by atoms with E-state index < -0.39 is 0 Å². The number of amides is 1. The Hall–Kier alpha value is -3.75. The van der Waals surface area contributed by atoms with E-state index in [1.807, 2.05) is 87.8 Å². The fourth-order valence-corrected chi connectivity index (χ4v) is 4.98. The summed E-state index contributed by atoms with van der Waals surface area (Å²) in [5.74, 6) is 0.565. The smallest absolute Gasteiger partial charge is 0.226 e. The lowest BCUT2D eigenvalue weighted by Gasteiger charge is -2.29. The van der Waals surface area contributed by atoms with Gasteiger partial charge in [-0.15, -0.1) is 0 Å². The molecule has 1 aliphatic heterocycles. The van der Waals surface area contributed by atoms with Gasteiger partial charge in [0.15, 0.2) is 5.11 Å². The van der Waals surface area contributed by atoms with Gasteiger partial charge in [0.1, 0.15) is 11.9 Å². The summed E-state index contributed by atoms with van der Waals surface area (Å²) in [5, 5.41) is 7.35. The SMILES string of the molecule is Cc1ccc(-n2cccc2[C@H]2[C@H](c3ccccn3)NC(=S)N2c2ccc(NC(=O)C(C)C)c(Cl)c2)nc1. The van der Waals surface area contributed by atoms with E-state index in [0.717, 1.165) is 28.5 Å².